The van der Waals surface area contributed by atoms with E-state index in [0.717, 1.165) is 5.56 Å². The van der Waals surface area contributed by atoms with Crippen molar-refractivity contribution in [2.75, 3.05) is 25.9 Å². The summed E-state index contributed by atoms with van der Waals surface area (Å²) in [5, 5.41) is 15.4. The summed E-state index contributed by atoms with van der Waals surface area (Å²) in [6.07, 6.45) is 1.61. The monoisotopic (exact) mass is 341 g/mol. The number of urea groups is 1. The van der Waals surface area contributed by atoms with Crippen molar-refractivity contribution >= 4 is 16.1 Å². The van der Waals surface area contributed by atoms with E-state index >= 15 is 0 Å². The largest absolute Gasteiger partial charge is 0.387 e. The van der Waals surface area contributed by atoms with Crippen LogP contribution in [-0.2, 0) is 10.0 Å². The second-order valence-corrected chi connectivity index (χ2v) is 7.70. The first kappa shape index (κ1) is 17.7. The highest BCUT2D eigenvalue weighted by atomic mass is 32.2. The summed E-state index contributed by atoms with van der Waals surface area (Å²) in [5.74, 6) is 0. The van der Waals surface area contributed by atoms with E-state index < -0.39 is 16.1 Å². The lowest BCUT2D eigenvalue weighted by molar-refractivity contribution is 0.171. The van der Waals surface area contributed by atoms with Crippen molar-refractivity contribution in [3.05, 3.63) is 35.9 Å². The molecule has 3 N–H and O–H groups in total. The van der Waals surface area contributed by atoms with Gasteiger partial charge in [0.1, 0.15) is 0 Å². The molecule has 1 aliphatic heterocycles. The van der Waals surface area contributed by atoms with Gasteiger partial charge in [0.2, 0.25) is 10.0 Å². The van der Waals surface area contributed by atoms with E-state index in [4.69, 9.17) is 0 Å². The number of benzene rings is 1. The summed E-state index contributed by atoms with van der Waals surface area (Å²) in [7, 11) is -3.16. The van der Waals surface area contributed by atoms with Gasteiger partial charge >= 0.3 is 6.03 Å². The first-order valence-corrected chi connectivity index (χ1v) is 9.43. The summed E-state index contributed by atoms with van der Waals surface area (Å²) >= 11 is 0. The number of hydrogen-bond donors (Lipinski definition) is 3. The predicted molar refractivity (Wildman–Crippen MR) is 87.4 cm³/mol. The molecule has 0 aliphatic carbocycles. The molecule has 2 amide bonds. The van der Waals surface area contributed by atoms with Crippen LogP contribution in [0, 0.1) is 0 Å². The SMILES string of the molecule is CS(=O)(=O)N1CCC(NC(=O)NCC(O)c2ccccc2)CC1. The Labute approximate surface area is 136 Å². The van der Waals surface area contributed by atoms with Gasteiger partial charge in [-0.1, -0.05) is 30.3 Å². The Morgan fingerprint density at radius 3 is 2.48 bits per heavy atom. The molecule has 1 aliphatic rings. The predicted octanol–water partition coefficient (Wildman–Crippen LogP) is 0.443. The number of nitrogens with zero attached hydrogens (tertiary/aromatic N) is 1. The number of carbonyl (C=O) groups excluding carboxylic acids is 1. The summed E-state index contributed by atoms with van der Waals surface area (Å²) in [5.41, 5.74) is 0.745. The van der Waals surface area contributed by atoms with Gasteiger partial charge in [0, 0.05) is 25.7 Å². The third kappa shape index (κ3) is 5.49. The number of amides is 2. The van der Waals surface area contributed by atoms with Gasteiger partial charge in [-0.2, -0.15) is 0 Å². The first-order chi connectivity index (χ1) is 10.9. The molecule has 0 radical (unpaired) electrons. The molecule has 0 bridgehead atoms. The zero-order valence-corrected chi connectivity index (χ0v) is 13.9. The highest BCUT2D eigenvalue weighted by Gasteiger charge is 2.25. The average Bonchev–Trinajstić information content (AvgIpc) is 2.53. The van der Waals surface area contributed by atoms with Gasteiger partial charge in [0.05, 0.1) is 12.4 Å². The van der Waals surface area contributed by atoms with Crippen molar-refractivity contribution < 1.29 is 18.3 Å². The number of aliphatic hydroxyl groups is 1. The summed E-state index contributed by atoms with van der Waals surface area (Å²) in [6.45, 7) is 0.949. The summed E-state index contributed by atoms with van der Waals surface area (Å²) in [4.78, 5) is 11.9. The van der Waals surface area contributed by atoms with Crippen molar-refractivity contribution in [1.29, 1.82) is 0 Å². The molecule has 1 atom stereocenters. The topological polar surface area (TPSA) is 98.7 Å². The molecule has 128 valence electrons. The van der Waals surface area contributed by atoms with E-state index in [1.165, 1.54) is 10.6 Å². The number of aliphatic hydroxyl groups excluding tert-OH is 1. The molecule has 1 fully saturated rings. The van der Waals surface area contributed by atoms with Crippen LogP contribution < -0.4 is 10.6 Å². The van der Waals surface area contributed by atoms with Gasteiger partial charge < -0.3 is 15.7 Å². The fourth-order valence-corrected chi connectivity index (χ4v) is 3.42. The third-order valence-corrected chi connectivity index (χ3v) is 5.20. The minimum atomic E-state index is -3.16. The van der Waals surface area contributed by atoms with Crippen LogP contribution in [0.15, 0.2) is 30.3 Å². The van der Waals surface area contributed by atoms with E-state index in [-0.39, 0.29) is 18.6 Å². The fraction of sp³-hybridized carbons (Fsp3) is 0.533. The minimum Gasteiger partial charge on any atom is -0.387 e. The van der Waals surface area contributed by atoms with Gasteiger partial charge in [-0.05, 0) is 18.4 Å². The maximum Gasteiger partial charge on any atom is 0.315 e. The van der Waals surface area contributed by atoms with Gasteiger partial charge in [-0.3, -0.25) is 0 Å². The van der Waals surface area contributed by atoms with E-state index in [1.807, 2.05) is 18.2 Å². The zero-order valence-electron chi connectivity index (χ0n) is 13.1. The van der Waals surface area contributed by atoms with Gasteiger partial charge in [-0.25, -0.2) is 17.5 Å². The minimum absolute atomic E-state index is 0.0538. The van der Waals surface area contributed by atoms with Crippen LogP contribution in [0.4, 0.5) is 4.79 Å². The van der Waals surface area contributed by atoms with Crippen LogP contribution in [0.5, 0.6) is 0 Å². The van der Waals surface area contributed by atoms with Crippen molar-refractivity contribution in [1.82, 2.24) is 14.9 Å². The van der Waals surface area contributed by atoms with Crippen molar-refractivity contribution in [3.8, 4) is 0 Å². The lowest BCUT2D eigenvalue weighted by Crippen LogP contribution is -2.49. The fourth-order valence-electron chi connectivity index (χ4n) is 2.55. The molecule has 1 heterocycles. The third-order valence-electron chi connectivity index (χ3n) is 3.90. The molecule has 23 heavy (non-hydrogen) atoms. The van der Waals surface area contributed by atoms with E-state index in [9.17, 15) is 18.3 Å². The summed E-state index contributed by atoms with van der Waals surface area (Å²) < 4.78 is 24.3. The molecule has 2 rings (SSSR count). The van der Waals surface area contributed by atoms with Gasteiger partial charge in [0.25, 0.3) is 0 Å². The number of carbonyl (C=O) groups is 1. The Morgan fingerprint density at radius 1 is 1.30 bits per heavy atom. The Bertz CT molecular complexity index is 613. The van der Waals surface area contributed by atoms with Crippen LogP contribution in [0.2, 0.25) is 0 Å². The molecule has 0 aromatic heterocycles. The molecule has 0 spiro atoms. The molecular weight excluding hydrogens is 318 g/mol. The van der Waals surface area contributed by atoms with Crippen LogP contribution >= 0.6 is 0 Å². The maximum atomic E-state index is 11.9. The Balaban J connectivity index is 1.72. The number of piperidine rings is 1. The molecule has 1 unspecified atom stereocenters. The van der Waals surface area contributed by atoms with Crippen molar-refractivity contribution in [2.24, 2.45) is 0 Å². The van der Waals surface area contributed by atoms with Gasteiger partial charge in [-0.15, -0.1) is 0 Å². The zero-order chi connectivity index (χ0) is 16.9. The Kier molecular flexibility index (Phi) is 5.97. The second-order valence-electron chi connectivity index (χ2n) is 5.72. The van der Waals surface area contributed by atoms with Crippen molar-refractivity contribution in [2.45, 2.75) is 25.0 Å². The maximum absolute atomic E-state index is 11.9. The standard InChI is InChI=1S/C15H23N3O4S/c1-23(21,22)18-9-7-13(8-10-18)17-15(20)16-11-14(19)12-5-3-2-4-6-12/h2-6,13-14,19H,7-11H2,1H3,(H2,16,17,20). The van der Waals surface area contributed by atoms with E-state index in [0.29, 0.717) is 25.9 Å². The molecular formula is C15H23N3O4S. The normalized spacial score (nSPS) is 18.3. The molecule has 1 saturated heterocycles. The second kappa shape index (κ2) is 7.76. The molecule has 8 heteroatoms. The Morgan fingerprint density at radius 2 is 1.91 bits per heavy atom. The van der Waals surface area contributed by atoms with Crippen LogP contribution in [-0.4, -0.2) is 55.8 Å². The van der Waals surface area contributed by atoms with E-state index in [2.05, 4.69) is 10.6 Å². The van der Waals surface area contributed by atoms with Crippen LogP contribution in [0.25, 0.3) is 0 Å². The highest BCUT2D eigenvalue weighted by molar-refractivity contribution is 7.88. The molecule has 7 nitrogen and oxygen atoms in total. The van der Waals surface area contributed by atoms with Gasteiger partial charge in [0.15, 0.2) is 0 Å². The molecule has 0 saturated carbocycles. The van der Waals surface area contributed by atoms with Crippen molar-refractivity contribution in [3.63, 3.8) is 0 Å². The average molecular weight is 341 g/mol. The summed E-state index contributed by atoms with van der Waals surface area (Å²) in [6, 6.07) is 8.71. The van der Waals surface area contributed by atoms with E-state index in [1.54, 1.807) is 12.1 Å². The molecule has 1 aromatic rings. The van der Waals surface area contributed by atoms with Crippen LogP contribution in [0.3, 0.4) is 0 Å². The number of sulfonamides is 1. The number of nitrogens with one attached hydrogen (secondary N) is 2. The quantitative estimate of drug-likeness (QED) is 0.724. The first-order valence-electron chi connectivity index (χ1n) is 7.59. The lowest BCUT2D eigenvalue weighted by Gasteiger charge is -2.30. The number of rotatable bonds is 5. The Hall–Kier alpha value is -1.64. The molecule has 1 aromatic carbocycles. The lowest BCUT2D eigenvalue weighted by atomic mass is 10.1. The highest BCUT2D eigenvalue weighted by Crippen LogP contribution is 2.13. The number of hydrogen-bond acceptors (Lipinski definition) is 4. The smallest absolute Gasteiger partial charge is 0.315 e. The van der Waals surface area contributed by atoms with Crippen LogP contribution in [0.1, 0.15) is 24.5 Å².